The molecular weight excluding hydrogens is 292 g/mol. The minimum atomic E-state index is -0.343. The van der Waals surface area contributed by atoms with Crippen LogP contribution in [0.5, 0.6) is 0 Å². The zero-order valence-electron chi connectivity index (χ0n) is 13.6. The fourth-order valence-electron chi connectivity index (χ4n) is 1.93. The van der Waals surface area contributed by atoms with Gasteiger partial charge in [0.25, 0.3) is 0 Å². The molecule has 0 N–H and O–H groups in total. The average molecular weight is 314 g/mol. The molecule has 0 aliphatic rings. The molecule has 0 unspecified atom stereocenters. The lowest BCUT2D eigenvalue weighted by Crippen LogP contribution is -2.32. The largest absolute Gasteiger partial charge is 0.466 e. The van der Waals surface area contributed by atoms with Crippen LogP contribution < -0.4 is 0 Å². The van der Waals surface area contributed by atoms with E-state index in [-0.39, 0.29) is 31.3 Å². The van der Waals surface area contributed by atoms with E-state index in [1.807, 2.05) is 37.3 Å². The van der Waals surface area contributed by atoms with Gasteiger partial charge in [-0.1, -0.05) is 29.8 Å². The molecule has 1 rings (SSSR count). The average Bonchev–Trinajstić information content (AvgIpc) is 2.54. The zero-order chi connectivity index (χ0) is 17.1. The summed E-state index contributed by atoms with van der Waals surface area (Å²) < 4.78 is 4.86. The molecular formula is C18H22N2O3. The van der Waals surface area contributed by atoms with Crippen LogP contribution in [0.1, 0.15) is 30.9 Å². The van der Waals surface area contributed by atoms with Crippen LogP contribution in [-0.2, 0) is 14.3 Å². The Morgan fingerprint density at radius 1 is 1.26 bits per heavy atom. The van der Waals surface area contributed by atoms with E-state index in [1.54, 1.807) is 13.0 Å². The topological polar surface area (TPSA) is 70.4 Å². The van der Waals surface area contributed by atoms with E-state index in [9.17, 15) is 9.59 Å². The van der Waals surface area contributed by atoms with Gasteiger partial charge in [0.05, 0.1) is 25.5 Å². The van der Waals surface area contributed by atoms with Crippen molar-refractivity contribution in [3.8, 4) is 6.07 Å². The number of esters is 1. The molecule has 0 aliphatic heterocycles. The minimum Gasteiger partial charge on any atom is -0.466 e. The molecule has 0 atom stereocenters. The third-order valence-electron chi connectivity index (χ3n) is 3.19. The van der Waals surface area contributed by atoms with Gasteiger partial charge in [-0.05, 0) is 25.5 Å². The molecule has 0 fully saturated rings. The highest BCUT2D eigenvalue weighted by molar-refractivity contribution is 5.92. The van der Waals surface area contributed by atoms with Crippen molar-refractivity contribution < 1.29 is 14.3 Å². The van der Waals surface area contributed by atoms with Crippen molar-refractivity contribution in [1.82, 2.24) is 4.90 Å². The molecule has 5 nitrogen and oxygen atoms in total. The van der Waals surface area contributed by atoms with Crippen molar-refractivity contribution in [2.24, 2.45) is 0 Å². The first-order valence-electron chi connectivity index (χ1n) is 7.63. The molecule has 0 aromatic heterocycles. The molecule has 5 heteroatoms. The number of amides is 1. The van der Waals surface area contributed by atoms with Crippen molar-refractivity contribution in [3.63, 3.8) is 0 Å². The summed E-state index contributed by atoms with van der Waals surface area (Å²) in [7, 11) is 0. The Bertz CT molecular complexity index is 585. The maximum absolute atomic E-state index is 12.2. The van der Waals surface area contributed by atoms with Crippen molar-refractivity contribution in [2.75, 3.05) is 19.7 Å². The highest BCUT2D eigenvalue weighted by Crippen LogP contribution is 2.06. The van der Waals surface area contributed by atoms with Crippen molar-refractivity contribution in [1.29, 1.82) is 5.26 Å². The predicted molar refractivity (Wildman–Crippen MR) is 88.3 cm³/mol. The molecule has 122 valence electrons. The summed E-state index contributed by atoms with van der Waals surface area (Å²) in [4.78, 5) is 25.1. The highest BCUT2D eigenvalue weighted by Gasteiger charge is 2.13. The Hall–Kier alpha value is -2.61. The number of carbonyl (C=O) groups excluding carboxylic acids is 2. The number of benzene rings is 1. The van der Waals surface area contributed by atoms with E-state index < -0.39 is 0 Å². The van der Waals surface area contributed by atoms with Crippen LogP contribution in [0.15, 0.2) is 30.3 Å². The number of aryl methyl sites for hydroxylation is 1. The van der Waals surface area contributed by atoms with Crippen LogP contribution >= 0.6 is 0 Å². The zero-order valence-corrected chi connectivity index (χ0v) is 13.6. The van der Waals surface area contributed by atoms with E-state index in [0.717, 1.165) is 11.1 Å². The summed E-state index contributed by atoms with van der Waals surface area (Å²) in [5.74, 6) is -0.560. The lowest BCUT2D eigenvalue weighted by Gasteiger charge is -2.19. The molecule has 0 aliphatic carbocycles. The van der Waals surface area contributed by atoms with E-state index in [0.29, 0.717) is 13.2 Å². The van der Waals surface area contributed by atoms with Gasteiger partial charge in [-0.3, -0.25) is 9.59 Å². The monoisotopic (exact) mass is 314 g/mol. The summed E-state index contributed by atoms with van der Waals surface area (Å²) in [5, 5.41) is 8.69. The van der Waals surface area contributed by atoms with Crippen LogP contribution in [0.4, 0.5) is 0 Å². The second-order valence-corrected chi connectivity index (χ2v) is 5.03. The molecule has 0 saturated carbocycles. The minimum absolute atomic E-state index is 0.128. The second kappa shape index (κ2) is 10.2. The van der Waals surface area contributed by atoms with E-state index >= 15 is 0 Å². The standard InChI is InChI=1S/C18H22N2O3/c1-3-23-18(22)11-14-20(13-4-12-19)17(21)10-9-16-7-5-15(2)6-8-16/h5-10H,3-4,11,13-14H2,1-2H3/b10-9+. The Morgan fingerprint density at radius 3 is 2.57 bits per heavy atom. The van der Waals surface area contributed by atoms with Gasteiger partial charge in [-0.2, -0.15) is 5.26 Å². The first-order valence-corrected chi connectivity index (χ1v) is 7.63. The quantitative estimate of drug-likeness (QED) is 0.546. The SMILES string of the molecule is CCOC(=O)CCN(CCC#N)C(=O)/C=C/c1ccc(C)cc1. The number of rotatable bonds is 8. The molecule has 1 amide bonds. The maximum Gasteiger partial charge on any atom is 0.307 e. The molecule has 0 radical (unpaired) electrons. The van der Waals surface area contributed by atoms with Crippen LogP contribution in [0.25, 0.3) is 6.08 Å². The summed E-state index contributed by atoms with van der Waals surface area (Å²) in [6, 6.07) is 9.81. The number of hydrogen-bond donors (Lipinski definition) is 0. The van der Waals surface area contributed by atoms with Crippen LogP contribution in [-0.4, -0.2) is 36.5 Å². The normalized spacial score (nSPS) is 10.3. The van der Waals surface area contributed by atoms with Gasteiger partial charge in [-0.15, -0.1) is 0 Å². The fraction of sp³-hybridized carbons (Fsp3) is 0.389. The maximum atomic E-state index is 12.2. The molecule has 0 saturated heterocycles. The molecule has 1 aromatic rings. The van der Waals surface area contributed by atoms with E-state index in [4.69, 9.17) is 10.00 Å². The molecule has 0 bridgehead atoms. The number of ether oxygens (including phenoxy) is 1. The van der Waals surface area contributed by atoms with Crippen LogP contribution in [0.3, 0.4) is 0 Å². The number of nitrogens with zero attached hydrogens (tertiary/aromatic N) is 2. The van der Waals surface area contributed by atoms with Gasteiger partial charge in [0.15, 0.2) is 0 Å². The van der Waals surface area contributed by atoms with Gasteiger partial charge in [0.2, 0.25) is 5.91 Å². The van der Waals surface area contributed by atoms with Gasteiger partial charge >= 0.3 is 5.97 Å². The Morgan fingerprint density at radius 2 is 1.96 bits per heavy atom. The number of carbonyl (C=O) groups is 2. The smallest absolute Gasteiger partial charge is 0.307 e. The first kappa shape index (κ1) is 18.4. The van der Waals surface area contributed by atoms with Crippen molar-refractivity contribution >= 4 is 18.0 Å². The number of hydrogen-bond acceptors (Lipinski definition) is 4. The molecule has 0 spiro atoms. The first-order chi connectivity index (χ1) is 11.1. The van der Waals surface area contributed by atoms with Gasteiger partial charge in [0, 0.05) is 19.2 Å². The van der Waals surface area contributed by atoms with E-state index in [2.05, 4.69) is 0 Å². The summed E-state index contributed by atoms with van der Waals surface area (Å²) in [6.45, 7) is 4.60. The lowest BCUT2D eigenvalue weighted by atomic mass is 10.1. The summed E-state index contributed by atoms with van der Waals surface area (Å²) in [6.07, 6.45) is 3.55. The number of nitriles is 1. The Kier molecular flexibility index (Phi) is 8.16. The third kappa shape index (κ3) is 7.28. The second-order valence-electron chi connectivity index (χ2n) is 5.03. The molecule has 1 aromatic carbocycles. The summed E-state index contributed by atoms with van der Waals surface area (Å²) >= 11 is 0. The Labute approximate surface area is 137 Å². The van der Waals surface area contributed by atoms with Gasteiger partial charge in [-0.25, -0.2) is 0 Å². The van der Waals surface area contributed by atoms with Crippen molar-refractivity contribution in [3.05, 3.63) is 41.5 Å². The molecule has 0 heterocycles. The Balaban J connectivity index is 2.65. The van der Waals surface area contributed by atoms with Crippen molar-refractivity contribution in [2.45, 2.75) is 26.7 Å². The predicted octanol–water partition coefficient (Wildman–Crippen LogP) is 2.70. The van der Waals surface area contributed by atoms with E-state index in [1.165, 1.54) is 11.0 Å². The third-order valence-corrected chi connectivity index (χ3v) is 3.19. The fourth-order valence-corrected chi connectivity index (χ4v) is 1.93. The van der Waals surface area contributed by atoms with Crippen LogP contribution in [0, 0.1) is 18.3 Å². The van der Waals surface area contributed by atoms with Crippen LogP contribution in [0.2, 0.25) is 0 Å². The van der Waals surface area contributed by atoms with Gasteiger partial charge in [0.1, 0.15) is 0 Å². The lowest BCUT2D eigenvalue weighted by molar-refractivity contribution is -0.143. The van der Waals surface area contributed by atoms with Gasteiger partial charge < -0.3 is 9.64 Å². The molecule has 23 heavy (non-hydrogen) atoms. The highest BCUT2D eigenvalue weighted by atomic mass is 16.5. The summed E-state index contributed by atoms with van der Waals surface area (Å²) in [5.41, 5.74) is 2.08.